The average Bonchev–Trinajstić information content (AvgIpc) is 2.40. The molecule has 2 aromatic rings. The second-order valence-corrected chi connectivity index (χ2v) is 7.40. The Morgan fingerprint density at radius 2 is 1.90 bits per heavy atom. The van der Waals surface area contributed by atoms with E-state index < -0.39 is 4.32 Å². The highest BCUT2D eigenvalue weighted by molar-refractivity contribution is 9.10. The lowest BCUT2D eigenvalue weighted by atomic mass is 10.0. The largest absolute Gasteiger partial charge is 0.508 e. The van der Waals surface area contributed by atoms with E-state index >= 15 is 0 Å². The van der Waals surface area contributed by atoms with Gasteiger partial charge in [-0.3, -0.25) is 4.79 Å². The molecular formula is C16H18BrNO2. The molecule has 106 valence electrons. The molecule has 4 heteroatoms. The van der Waals surface area contributed by atoms with Crippen molar-refractivity contribution in [2.24, 2.45) is 0 Å². The third-order valence-electron chi connectivity index (χ3n) is 3.27. The lowest BCUT2D eigenvalue weighted by Gasteiger charge is -2.25. The second kappa shape index (κ2) is 5.44. The van der Waals surface area contributed by atoms with Gasteiger partial charge in [0.05, 0.1) is 4.32 Å². The zero-order valence-electron chi connectivity index (χ0n) is 11.9. The number of carbonyl (C=O) groups excluding carboxylic acids is 1. The first-order valence-electron chi connectivity index (χ1n) is 6.45. The molecule has 0 unspecified atom stereocenters. The Labute approximate surface area is 127 Å². The summed E-state index contributed by atoms with van der Waals surface area (Å²) in [6.07, 6.45) is 0. The van der Waals surface area contributed by atoms with Crippen LogP contribution in [0.15, 0.2) is 36.4 Å². The number of aromatic hydroxyl groups is 1. The predicted molar refractivity (Wildman–Crippen MR) is 85.1 cm³/mol. The van der Waals surface area contributed by atoms with Crippen molar-refractivity contribution in [3.8, 4) is 5.75 Å². The predicted octanol–water partition coefficient (Wildman–Crippen LogP) is 3.68. The van der Waals surface area contributed by atoms with Crippen LogP contribution in [-0.2, 0) is 11.3 Å². The monoisotopic (exact) mass is 335 g/mol. The molecule has 0 heterocycles. The molecule has 1 amide bonds. The molecule has 0 aliphatic heterocycles. The second-order valence-electron chi connectivity index (χ2n) is 5.42. The molecule has 0 bridgehead atoms. The number of rotatable bonds is 3. The minimum atomic E-state index is -0.609. The topological polar surface area (TPSA) is 40.5 Å². The van der Waals surface area contributed by atoms with Gasteiger partial charge >= 0.3 is 0 Å². The quantitative estimate of drug-likeness (QED) is 0.869. The molecule has 0 saturated carbocycles. The van der Waals surface area contributed by atoms with Crippen molar-refractivity contribution < 1.29 is 9.90 Å². The fourth-order valence-electron chi connectivity index (χ4n) is 2.25. The van der Waals surface area contributed by atoms with Gasteiger partial charge < -0.3 is 10.0 Å². The van der Waals surface area contributed by atoms with Crippen molar-refractivity contribution in [1.82, 2.24) is 4.90 Å². The normalized spacial score (nSPS) is 11.6. The van der Waals surface area contributed by atoms with Gasteiger partial charge in [0.15, 0.2) is 0 Å². The smallest absolute Gasteiger partial charge is 0.238 e. The highest BCUT2D eigenvalue weighted by atomic mass is 79.9. The van der Waals surface area contributed by atoms with Crippen LogP contribution in [0.2, 0.25) is 0 Å². The number of benzene rings is 2. The summed E-state index contributed by atoms with van der Waals surface area (Å²) < 4.78 is -0.609. The fraction of sp³-hybridized carbons (Fsp3) is 0.312. The number of halogens is 1. The number of phenols is 1. The van der Waals surface area contributed by atoms with E-state index in [-0.39, 0.29) is 11.7 Å². The Balaban J connectivity index is 2.39. The zero-order chi connectivity index (χ0) is 14.9. The fourth-order valence-corrected chi connectivity index (χ4v) is 2.56. The van der Waals surface area contributed by atoms with E-state index in [0.717, 1.165) is 16.3 Å². The van der Waals surface area contributed by atoms with Gasteiger partial charge in [0.2, 0.25) is 5.91 Å². The molecule has 0 aliphatic carbocycles. The molecule has 2 rings (SSSR count). The van der Waals surface area contributed by atoms with E-state index in [1.807, 2.05) is 44.2 Å². The summed E-state index contributed by atoms with van der Waals surface area (Å²) in [5.74, 6) is 0.195. The number of hydrogen-bond donors (Lipinski definition) is 1. The van der Waals surface area contributed by atoms with Crippen LogP contribution < -0.4 is 0 Å². The van der Waals surface area contributed by atoms with Crippen LogP contribution >= 0.6 is 15.9 Å². The first-order chi connectivity index (χ1) is 9.30. The van der Waals surface area contributed by atoms with Gasteiger partial charge in [0.1, 0.15) is 5.75 Å². The molecule has 0 atom stereocenters. The van der Waals surface area contributed by atoms with E-state index in [9.17, 15) is 9.90 Å². The molecule has 0 aliphatic rings. The zero-order valence-corrected chi connectivity index (χ0v) is 13.4. The third-order valence-corrected chi connectivity index (χ3v) is 3.61. The van der Waals surface area contributed by atoms with Crippen LogP contribution in [-0.4, -0.2) is 27.3 Å². The first-order valence-corrected chi connectivity index (χ1v) is 7.24. The summed E-state index contributed by atoms with van der Waals surface area (Å²) in [5, 5.41) is 12.1. The molecule has 2 aromatic carbocycles. The summed E-state index contributed by atoms with van der Waals surface area (Å²) in [7, 11) is 1.74. The number of amides is 1. The summed E-state index contributed by atoms with van der Waals surface area (Å²) in [5.41, 5.74) is 0.774. The van der Waals surface area contributed by atoms with Gasteiger partial charge in [-0.1, -0.05) is 46.3 Å². The van der Waals surface area contributed by atoms with E-state index in [4.69, 9.17) is 0 Å². The van der Waals surface area contributed by atoms with Crippen LogP contribution in [0.5, 0.6) is 5.75 Å². The maximum absolute atomic E-state index is 12.2. The molecule has 0 aromatic heterocycles. The number of hydrogen-bond acceptors (Lipinski definition) is 2. The number of fused-ring (bicyclic) bond motifs is 1. The molecular weight excluding hydrogens is 318 g/mol. The Morgan fingerprint density at radius 3 is 2.55 bits per heavy atom. The van der Waals surface area contributed by atoms with Gasteiger partial charge in [0, 0.05) is 19.2 Å². The van der Waals surface area contributed by atoms with Crippen molar-refractivity contribution in [2.75, 3.05) is 7.05 Å². The Morgan fingerprint density at radius 1 is 1.25 bits per heavy atom. The first kappa shape index (κ1) is 14.9. The van der Waals surface area contributed by atoms with Crippen LogP contribution in [0.1, 0.15) is 19.4 Å². The van der Waals surface area contributed by atoms with Gasteiger partial charge in [0.25, 0.3) is 0 Å². The van der Waals surface area contributed by atoms with Crippen molar-refractivity contribution >= 4 is 32.6 Å². The van der Waals surface area contributed by atoms with Crippen LogP contribution in [0.3, 0.4) is 0 Å². The third kappa shape index (κ3) is 2.96. The van der Waals surface area contributed by atoms with Crippen LogP contribution in [0.4, 0.5) is 0 Å². The van der Waals surface area contributed by atoms with E-state index in [0.29, 0.717) is 6.54 Å². The Hall–Kier alpha value is -1.55. The average molecular weight is 336 g/mol. The van der Waals surface area contributed by atoms with Crippen molar-refractivity contribution in [2.45, 2.75) is 24.7 Å². The number of phenolic OH excluding ortho intramolecular Hbond substituents is 1. The summed E-state index contributed by atoms with van der Waals surface area (Å²) in [4.78, 5) is 13.8. The SMILES string of the molecule is CN(Cc1c(O)ccc2ccccc12)C(=O)C(C)(C)Br. The molecule has 20 heavy (non-hydrogen) atoms. The number of carbonyl (C=O) groups is 1. The van der Waals surface area contributed by atoms with E-state index in [2.05, 4.69) is 15.9 Å². The lowest BCUT2D eigenvalue weighted by molar-refractivity contribution is -0.131. The van der Waals surface area contributed by atoms with Crippen molar-refractivity contribution in [3.63, 3.8) is 0 Å². The van der Waals surface area contributed by atoms with Gasteiger partial charge in [-0.25, -0.2) is 0 Å². The number of alkyl halides is 1. The Bertz CT molecular complexity index is 646. The molecule has 0 fully saturated rings. The minimum absolute atomic E-state index is 0.0233. The van der Waals surface area contributed by atoms with Gasteiger partial charge in [-0.05, 0) is 30.7 Å². The van der Waals surface area contributed by atoms with Crippen molar-refractivity contribution in [3.05, 3.63) is 42.0 Å². The summed E-state index contributed by atoms with van der Waals surface area (Å²) in [6.45, 7) is 4.00. The maximum atomic E-state index is 12.2. The summed E-state index contributed by atoms with van der Waals surface area (Å²) in [6, 6.07) is 11.4. The molecule has 3 nitrogen and oxygen atoms in total. The molecule has 0 radical (unpaired) electrons. The molecule has 0 saturated heterocycles. The van der Waals surface area contributed by atoms with Crippen molar-refractivity contribution in [1.29, 1.82) is 0 Å². The van der Waals surface area contributed by atoms with Gasteiger partial charge in [-0.2, -0.15) is 0 Å². The summed E-state index contributed by atoms with van der Waals surface area (Å²) >= 11 is 3.37. The van der Waals surface area contributed by atoms with Gasteiger partial charge in [-0.15, -0.1) is 0 Å². The van der Waals surface area contributed by atoms with Crippen LogP contribution in [0.25, 0.3) is 10.8 Å². The highest BCUT2D eigenvalue weighted by Crippen LogP contribution is 2.29. The van der Waals surface area contributed by atoms with Crippen LogP contribution in [0, 0.1) is 0 Å². The molecule has 1 N–H and O–H groups in total. The lowest BCUT2D eigenvalue weighted by Crippen LogP contribution is -2.38. The maximum Gasteiger partial charge on any atom is 0.238 e. The molecule has 0 spiro atoms. The number of nitrogens with zero attached hydrogens (tertiary/aromatic N) is 1. The van der Waals surface area contributed by atoms with E-state index in [1.54, 1.807) is 18.0 Å². The Kier molecular flexibility index (Phi) is 4.04. The minimum Gasteiger partial charge on any atom is -0.508 e. The van der Waals surface area contributed by atoms with E-state index in [1.165, 1.54) is 0 Å². The standard InChI is InChI=1S/C16H18BrNO2/c1-16(2,17)15(20)18(3)10-13-12-7-5-4-6-11(12)8-9-14(13)19/h4-9,19H,10H2,1-3H3. The highest BCUT2D eigenvalue weighted by Gasteiger charge is 2.27.